The third kappa shape index (κ3) is 4.00. The van der Waals surface area contributed by atoms with Crippen molar-refractivity contribution in [2.75, 3.05) is 20.7 Å². The number of hydrogen-bond acceptors (Lipinski definition) is 3. The lowest BCUT2D eigenvalue weighted by Gasteiger charge is -2.14. The summed E-state index contributed by atoms with van der Waals surface area (Å²) in [7, 11) is 4.08. The number of nitrogens with two attached hydrogens (primary N) is 1. The van der Waals surface area contributed by atoms with Crippen molar-refractivity contribution < 1.29 is 5.11 Å². The second kappa shape index (κ2) is 5.85. The van der Waals surface area contributed by atoms with Gasteiger partial charge in [0.15, 0.2) is 0 Å². The molecule has 3 nitrogen and oxygen atoms in total. The maximum atomic E-state index is 8.82. The minimum absolute atomic E-state index is 0.0582. The molecule has 1 rings (SSSR count). The van der Waals surface area contributed by atoms with Gasteiger partial charge in [0.1, 0.15) is 0 Å². The summed E-state index contributed by atoms with van der Waals surface area (Å²) >= 11 is 0. The molecule has 1 aromatic carbocycles. The average molecular weight is 208 g/mol. The van der Waals surface area contributed by atoms with E-state index in [1.54, 1.807) is 0 Å². The Morgan fingerprint density at radius 1 is 1.40 bits per heavy atom. The Balaban J connectivity index is 2.73. The first-order chi connectivity index (χ1) is 7.13. The predicted molar refractivity (Wildman–Crippen MR) is 62.5 cm³/mol. The summed E-state index contributed by atoms with van der Waals surface area (Å²) < 4.78 is 0. The van der Waals surface area contributed by atoms with Crippen LogP contribution in [0.3, 0.4) is 0 Å². The quantitative estimate of drug-likeness (QED) is 0.762. The fraction of sp³-hybridized carbons (Fsp3) is 0.500. The van der Waals surface area contributed by atoms with Crippen molar-refractivity contribution in [2.45, 2.75) is 19.0 Å². The van der Waals surface area contributed by atoms with Gasteiger partial charge in [0.2, 0.25) is 0 Å². The molecule has 1 aromatic rings. The van der Waals surface area contributed by atoms with Crippen LogP contribution in [0.15, 0.2) is 24.3 Å². The van der Waals surface area contributed by atoms with Crippen molar-refractivity contribution in [3.8, 4) is 0 Å². The van der Waals surface area contributed by atoms with Crippen molar-refractivity contribution in [3.63, 3.8) is 0 Å². The molecular formula is C12H20N2O. The highest BCUT2D eigenvalue weighted by molar-refractivity contribution is 5.25. The molecular weight excluding hydrogens is 188 g/mol. The van der Waals surface area contributed by atoms with Crippen molar-refractivity contribution in [1.29, 1.82) is 0 Å². The number of nitrogens with zero attached hydrogens (tertiary/aromatic N) is 1. The van der Waals surface area contributed by atoms with Crippen molar-refractivity contribution in [1.82, 2.24) is 4.90 Å². The average Bonchev–Trinajstić information content (AvgIpc) is 2.17. The van der Waals surface area contributed by atoms with Gasteiger partial charge in [-0.25, -0.2) is 0 Å². The van der Waals surface area contributed by atoms with Crippen LogP contribution in [0.4, 0.5) is 0 Å². The topological polar surface area (TPSA) is 49.5 Å². The summed E-state index contributed by atoms with van der Waals surface area (Å²) in [6.07, 6.45) is 0.616. The van der Waals surface area contributed by atoms with E-state index in [9.17, 15) is 0 Å². The zero-order chi connectivity index (χ0) is 11.3. The van der Waals surface area contributed by atoms with E-state index in [1.807, 2.05) is 26.2 Å². The Kier molecular flexibility index (Phi) is 4.75. The molecule has 0 radical (unpaired) electrons. The molecule has 0 aliphatic carbocycles. The molecule has 1 unspecified atom stereocenters. The summed E-state index contributed by atoms with van der Waals surface area (Å²) in [5, 5.41) is 8.82. The lowest BCUT2D eigenvalue weighted by molar-refractivity contribution is 0.276. The van der Waals surface area contributed by atoms with Crippen molar-refractivity contribution in [3.05, 3.63) is 35.4 Å². The van der Waals surface area contributed by atoms with Gasteiger partial charge in [0.25, 0.3) is 0 Å². The number of aliphatic hydroxyl groups excluding tert-OH is 1. The molecule has 0 aliphatic heterocycles. The fourth-order valence-electron chi connectivity index (χ4n) is 1.59. The van der Waals surface area contributed by atoms with Crippen molar-refractivity contribution >= 4 is 0 Å². The minimum atomic E-state index is -0.0582. The van der Waals surface area contributed by atoms with Crippen LogP contribution >= 0.6 is 0 Å². The normalized spacial score (nSPS) is 13.1. The number of aliphatic hydroxyl groups is 1. The molecule has 3 heteroatoms. The van der Waals surface area contributed by atoms with Gasteiger partial charge >= 0.3 is 0 Å². The monoisotopic (exact) mass is 208 g/mol. The molecule has 0 aromatic heterocycles. The standard InChI is InChI=1S/C12H20N2O/c1-14(2)9-10-4-3-5-11(8-10)12(13)6-7-15/h3-5,8,12,15H,6-7,9,13H2,1-2H3. The first-order valence-corrected chi connectivity index (χ1v) is 5.23. The van der Waals surface area contributed by atoms with Gasteiger partial charge in [-0.1, -0.05) is 24.3 Å². The lowest BCUT2D eigenvalue weighted by atomic mass is 10.0. The highest BCUT2D eigenvalue weighted by Crippen LogP contribution is 2.15. The second-order valence-corrected chi connectivity index (χ2v) is 4.10. The highest BCUT2D eigenvalue weighted by atomic mass is 16.3. The van der Waals surface area contributed by atoms with Gasteiger partial charge in [0.05, 0.1) is 0 Å². The fourth-order valence-corrected chi connectivity index (χ4v) is 1.59. The Hall–Kier alpha value is -0.900. The zero-order valence-electron chi connectivity index (χ0n) is 9.48. The molecule has 1 atom stereocenters. The van der Waals surface area contributed by atoms with E-state index < -0.39 is 0 Å². The van der Waals surface area contributed by atoms with Gasteiger partial charge in [-0.3, -0.25) is 0 Å². The van der Waals surface area contributed by atoms with E-state index in [4.69, 9.17) is 10.8 Å². The summed E-state index contributed by atoms with van der Waals surface area (Å²) in [6, 6.07) is 8.18. The van der Waals surface area contributed by atoms with Crippen LogP contribution in [0.5, 0.6) is 0 Å². The Morgan fingerprint density at radius 3 is 2.73 bits per heavy atom. The van der Waals surface area contributed by atoms with Gasteiger partial charge in [-0.05, 0) is 31.6 Å². The first kappa shape index (κ1) is 12.2. The SMILES string of the molecule is CN(C)Cc1cccc(C(N)CCO)c1. The molecule has 0 heterocycles. The van der Waals surface area contributed by atoms with Crippen LogP contribution in [0.25, 0.3) is 0 Å². The molecule has 0 bridgehead atoms. The maximum absolute atomic E-state index is 8.82. The predicted octanol–water partition coefficient (Wildman–Crippen LogP) is 1.13. The van der Waals surface area contributed by atoms with E-state index in [2.05, 4.69) is 17.0 Å². The van der Waals surface area contributed by atoms with E-state index in [1.165, 1.54) is 5.56 Å². The van der Waals surface area contributed by atoms with Crippen LogP contribution in [0.1, 0.15) is 23.6 Å². The molecule has 0 saturated heterocycles. The summed E-state index contributed by atoms with van der Waals surface area (Å²) in [5.41, 5.74) is 8.29. The van der Waals surface area contributed by atoms with Gasteiger partial charge in [-0.15, -0.1) is 0 Å². The Labute approximate surface area is 91.5 Å². The summed E-state index contributed by atoms with van der Waals surface area (Å²) in [6.45, 7) is 1.05. The summed E-state index contributed by atoms with van der Waals surface area (Å²) in [5.74, 6) is 0. The van der Waals surface area contributed by atoms with Gasteiger partial charge in [-0.2, -0.15) is 0 Å². The van der Waals surface area contributed by atoms with E-state index >= 15 is 0 Å². The molecule has 0 fully saturated rings. The van der Waals surface area contributed by atoms with Crippen LogP contribution < -0.4 is 5.73 Å². The van der Waals surface area contributed by atoms with Crippen LogP contribution in [0.2, 0.25) is 0 Å². The highest BCUT2D eigenvalue weighted by Gasteiger charge is 2.05. The van der Waals surface area contributed by atoms with Crippen molar-refractivity contribution in [2.24, 2.45) is 5.73 Å². The van der Waals surface area contributed by atoms with Crippen LogP contribution in [0, 0.1) is 0 Å². The Morgan fingerprint density at radius 2 is 2.13 bits per heavy atom. The lowest BCUT2D eigenvalue weighted by Crippen LogP contribution is -2.14. The third-order valence-corrected chi connectivity index (χ3v) is 2.32. The minimum Gasteiger partial charge on any atom is -0.396 e. The summed E-state index contributed by atoms with van der Waals surface area (Å²) in [4.78, 5) is 2.12. The Bertz CT molecular complexity index is 299. The van der Waals surface area contributed by atoms with E-state index in [-0.39, 0.29) is 12.6 Å². The van der Waals surface area contributed by atoms with Gasteiger partial charge < -0.3 is 15.7 Å². The molecule has 0 saturated carbocycles. The largest absolute Gasteiger partial charge is 0.396 e. The van der Waals surface area contributed by atoms with Gasteiger partial charge in [0, 0.05) is 19.2 Å². The number of rotatable bonds is 5. The number of benzene rings is 1. The first-order valence-electron chi connectivity index (χ1n) is 5.23. The second-order valence-electron chi connectivity index (χ2n) is 4.10. The van der Waals surface area contributed by atoms with E-state index in [0.717, 1.165) is 12.1 Å². The maximum Gasteiger partial charge on any atom is 0.0449 e. The molecule has 0 aliphatic rings. The molecule has 84 valence electrons. The smallest absolute Gasteiger partial charge is 0.0449 e. The third-order valence-electron chi connectivity index (χ3n) is 2.32. The van der Waals surface area contributed by atoms with Crippen LogP contribution in [-0.2, 0) is 6.54 Å². The van der Waals surface area contributed by atoms with E-state index in [0.29, 0.717) is 6.42 Å². The number of hydrogen-bond donors (Lipinski definition) is 2. The molecule has 3 N–H and O–H groups in total. The zero-order valence-corrected chi connectivity index (χ0v) is 9.48. The molecule has 0 amide bonds. The molecule has 15 heavy (non-hydrogen) atoms. The van der Waals surface area contributed by atoms with Crippen LogP contribution in [-0.4, -0.2) is 30.7 Å². The molecule has 0 spiro atoms.